The molecule has 1 amide bonds. The van der Waals surface area contributed by atoms with Crippen LogP contribution in [0.15, 0.2) is 30.3 Å². The Kier molecular flexibility index (Phi) is 3.47. The summed E-state index contributed by atoms with van der Waals surface area (Å²) in [5.74, 6) is 0.0570. The van der Waals surface area contributed by atoms with Crippen molar-refractivity contribution in [3.63, 3.8) is 0 Å². The number of nitrogens with one attached hydrogen (secondary N) is 1. The van der Waals surface area contributed by atoms with Gasteiger partial charge in [0.15, 0.2) is 0 Å². The molecule has 1 atom stereocenters. The summed E-state index contributed by atoms with van der Waals surface area (Å²) in [6.07, 6.45) is 4.31. The lowest BCUT2D eigenvalue weighted by molar-refractivity contribution is 0.0940. The predicted molar refractivity (Wildman–Crippen MR) is 83.2 cm³/mol. The van der Waals surface area contributed by atoms with Crippen molar-refractivity contribution in [3.05, 3.63) is 47.0 Å². The van der Waals surface area contributed by atoms with Crippen LogP contribution in [0.2, 0.25) is 0 Å². The first-order valence-electron chi connectivity index (χ1n) is 7.55. The van der Waals surface area contributed by atoms with E-state index in [1.54, 1.807) is 0 Å². The Morgan fingerprint density at radius 2 is 1.95 bits per heavy atom. The predicted octanol–water partition coefficient (Wildman–Crippen LogP) is 3.86. The fraction of sp³-hybridized carbons (Fsp3) is 0.389. The van der Waals surface area contributed by atoms with Gasteiger partial charge >= 0.3 is 0 Å². The molecule has 1 unspecified atom stereocenters. The van der Waals surface area contributed by atoms with Crippen LogP contribution in [-0.4, -0.2) is 11.9 Å². The van der Waals surface area contributed by atoms with Gasteiger partial charge in [-0.25, -0.2) is 0 Å². The quantitative estimate of drug-likeness (QED) is 0.895. The zero-order chi connectivity index (χ0) is 14.1. The average Bonchev–Trinajstić information content (AvgIpc) is 2.85. The minimum Gasteiger partial charge on any atom is -0.350 e. The van der Waals surface area contributed by atoms with Crippen molar-refractivity contribution in [1.82, 2.24) is 5.32 Å². The minimum absolute atomic E-state index is 0.0570. The Labute approximate surface area is 120 Å². The third-order valence-electron chi connectivity index (χ3n) is 4.22. The fourth-order valence-electron chi connectivity index (χ4n) is 3.25. The molecule has 0 radical (unpaired) electrons. The maximum atomic E-state index is 12.5. The van der Waals surface area contributed by atoms with Gasteiger partial charge in [0.1, 0.15) is 0 Å². The third kappa shape index (κ3) is 2.20. The Morgan fingerprint density at radius 3 is 2.70 bits per heavy atom. The molecule has 0 aliphatic heterocycles. The summed E-state index contributed by atoms with van der Waals surface area (Å²) in [5, 5.41) is 5.53. The molecule has 2 heteroatoms. The van der Waals surface area contributed by atoms with Crippen LogP contribution >= 0.6 is 0 Å². The Bertz CT molecular complexity index is 650. The molecule has 1 aliphatic carbocycles. The van der Waals surface area contributed by atoms with Crippen molar-refractivity contribution < 1.29 is 4.79 Å². The van der Waals surface area contributed by atoms with E-state index < -0.39 is 0 Å². The van der Waals surface area contributed by atoms with Crippen LogP contribution in [0, 0.1) is 0 Å². The van der Waals surface area contributed by atoms with Gasteiger partial charge in [0.05, 0.1) is 0 Å². The molecule has 0 spiro atoms. The zero-order valence-electron chi connectivity index (χ0n) is 12.2. The molecule has 0 fully saturated rings. The van der Waals surface area contributed by atoms with Crippen molar-refractivity contribution in [2.45, 2.75) is 45.6 Å². The number of benzene rings is 2. The largest absolute Gasteiger partial charge is 0.350 e. The molecule has 0 saturated heterocycles. The second kappa shape index (κ2) is 5.28. The second-order valence-corrected chi connectivity index (χ2v) is 5.78. The molecule has 1 N–H and O–H groups in total. The topological polar surface area (TPSA) is 29.1 Å². The van der Waals surface area contributed by atoms with Crippen molar-refractivity contribution in [2.24, 2.45) is 0 Å². The van der Waals surface area contributed by atoms with Crippen LogP contribution in [0.5, 0.6) is 0 Å². The zero-order valence-corrected chi connectivity index (χ0v) is 12.2. The van der Waals surface area contributed by atoms with E-state index in [0.717, 1.165) is 36.6 Å². The van der Waals surface area contributed by atoms with Crippen LogP contribution in [0.4, 0.5) is 0 Å². The van der Waals surface area contributed by atoms with Crippen LogP contribution < -0.4 is 5.32 Å². The standard InChI is InChI=1S/C18H21NO/c1-3-5-12(2)19-18(20)16-11-10-14-9-8-13-6-4-7-15(16)17(13)14/h4,6-7,10-12H,3,5,8-9H2,1-2H3,(H,19,20). The van der Waals surface area contributed by atoms with E-state index in [1.807, 2.05) is 6.07 Å². The maximum absolute atomic E-state index is 12.5. The van der Waals surface area contributed by atoms with Gasteiger partial charge in [0, 0.05) is 11.6 Å². The number of hydrogen-bond acceptors (Lipinski definition) is 1. The Morgan fingerprint density at radius 1 is 1.20 bits per heavy atom. The molecular formula is C18H21NO. The molecule has 0 bridgehead atoms. The molecule has 1 aliphatic rings. The fourth-order valence-corrected chi connectivity index (χ4v) is 3.25. The van der Waals surface area contributed by atoms with Crippen molar-refractivity contribution >= 4 is 16.7 Å². The van der Waals surface area contributed by atoms with Crippen LogP contribution in [0.1, 0.15) is 48.2 Å². The van der Waals surface area contributed by atoms with Gasteiger partial charge in [-0.1, -0.05) is 37.6 Å². The molecule has 2 nitrogen and oxygen atoms in total. The van der Waals surface area contributed by atoms with E-state index >= 15 is 0 Å². The van der Waals surface area contributed by atoms with E-state index in [4.69, 9.17) is 0 Å². The van der Waals surface area contributed by atoms with Crippen LogP contribution in [0.3, 0.4) is 0 Å². The van der Waals surface area contributed by atoms with Gasteiger partial charge in [0.25, 0.3) is 5.91 Å². The van der Waals surface area contributed by atoms with Crippen molar-refractivity contribution in [3.8, 4) is 0 Å². The number of carbonyl (C=O) groups excluding carboxylic acids is 1. The first-order chi connectivity index (χ1) is 9.70. The monoisotopic (exact) mass is 267 g/mol. The van der Waals surface area contributed by atoms with Gasteiger partial charge in [-0.05, 0) is 54.2 Å². The lowest BCUT2D eigenvalue weighted by Gasteiger charge is -2.14. The molecule has 2 aromatic rings. The molecule has 0 heterocycles. The molecule has 104 valence electrons. The Balaban J connectivity index is 1.99. The lowest BCUT2D eigenvalue weighted by atomic mass is 9.99. The number of carbonyl (C=O) groups is 1. The van der Waals surface area contributed by atoms with Gasteiger partial charge in [0.2, 0.25) is 0 Å². The van der Waals surface area contributed by atoms with E-state index in [2.05, 4.69) is 43.4 Å². The van der Waals surface area contributed by atoms with E-state index in [-0.39, 0.29) is 11.9 Å². The summed E-state index contributed by atoms with van der Waals surface area (Å²) < 4.78 is 0. The summed E-state index contributed by atoms with van der Waals surface area (Å²) in [5.41, 5.74) is 3.58. The van der Waals surface area contributed by atoms with Gasteiger partial charge < -0.3 is 5.32 Å². The lowest BCUT2D eigenvalue weighted by Crippen LogP contribution is -2.32. The molecule has 2 aromatic carbocycles. The molecule has 3 rings (SSSR count). The van der Waals surface area contributed by atoms with Crippen LogP contribution in [-0.2, 0) is 12.8 Å². The summed E-state index contributed by atoms with van der Waals surface area (Å²) in [6, 6.07) is 10.7. The second-order valence-electron chi connectivity index (χ2n) is 5.78. The summed E-state index contributed by atoms with van der Waals surface area (Å²) >= 11 is 0. The van der Waals surface area contributed by atoms with E-state index in [1.165, 1.54) is 16.5 Å². The van der Waals surface area contributed by atoms with Crippen LogP contribution in [0.25, 0.3) is 10.8 Å². The summed E-state index contributed by atoms with van der Waals surface area (Å²) in [6.45, 7) is 4.21. The molecule has 20 heavy (non-hydrogen) atoms. The Hall–Kier alpha value is -1.83. The highest BCUT2D eigenvalue weighted by atomic mass is 16.1. The normalized spacial score (nSPS) is 14.5. The molecule has 0 aromatic heterocycles. The minimum atomic E-state index is 0.0570. The number of hydrogen-bond donors (Lipinski definition) is 1. The van der Waals surface area contributed by atoms with Crippen molar-refractivity contribution in [1.29, 1.82) is 0 Å². The van der Waals surface area contributed by atoms with Gasteiger partial charge in [-0.2, -0.15) is 0 Å². The molecule has 0 saturated carbocycles. The highest BCUT2D eigenvalue weighted by Crippen LogP contribution is 2.32. The maximum Gasteiger partial charge on any atom is 0.252 e. The smallest absolute Gasteiger partial charge is 0.252 e. The summed E-state index contributed by atoms with van der Waals surface area (Å²) in [4.78, 5) is 12.5. The average molecular weight is 267 g/mol. The number of aryl methyl sites for hydroxylation is 2. The van der Waals surface area contributed by atoms with Gasteiger partial charge in [-0.3, -0.25) is 4.79 Å². The highest BCUT2D eigenvalue weighted by Gasteiger charge is 2.19. The molecular weight excluding hydrogens is 246 g/mol. The highest BCUT2D eigenvalue weighted by molar-refractivity contribution is 6.09. The van der Waals surface area contributed by atoms with Gasteiger partial charge in [-0.15, -0.1) is 0 Å². The summed E-state index contributed by atoms with van der Waals surface area (Å²) in [7, 11) is 0. The number of rotatable bonds is 4. The first-order valence-corrected chi connectivity index (χ1v) is 7.55. The van der Waals surface area contributed by atoms with E-state index in [0.29, 0.717) is 0 Å². The van der Waals surface area contributed by atoms with E-state index in [9.17, 15) is 4.79 Å². The number of amides is 1. The SMILES string of the molecule is CCCC(C)NC(=O)c1ccc2c3c(cccc13)CC2. The van der Waals surface area contributed by atoms with Crippen molar-refractivity contribution in [2.75, 3.05) is 0 Å². The third-order valence-corrected chi connectivity index (χ3v) is 4.22. The first kappa shape index (κ1) is 13.2.